The molecule has 1 spiro atoms. The molecule has 4 aromatic rings. The highest BCUT2D eigenvalue weighted by atomic mass is 79.9. The lowest BCUT2D eigenvalue weighted by Crippen LogP contribution is -2.52. The van der Waals surface area contributed by atoms with E-state index in [2.05, 4.69) is 118 Å². The molecule has 0 saturated carbocycles. The number of likely N-dealkylation sites (tertiary alicyclic amines) is 2. The lowest BCUT2D eigenvalue weighted by atomic mass is 9.72. The van der Waals surface area contributed by atoms with Crippen molar-refractivity contribution in [3.63, 3.8) is 0 Å². The van der Waals surface area contributed by atoms with Crippen LogP contribution in [0.3, 0.4) is 0 Å². The number of anilines is 1. The fourth-order valence-electron chi connectivity index (χ4n) is 8.56. The smallest absolute Gasteiger partial charge is 0.330 e. The van der Waals surface area contributed by atoms with Gasteiger partial charge in [0.2, 0.25) is 11.8 Å². The van der Waals surface area contributed by atoms with Gasteiger partial charge in [0.25, 0.3) is 0 Å². The Balaban J connectivity index is 0.000000246. The number of benzene rings is 4. The van der Waals surface area contributed by atoms with Crippen LogP contribution in [0.25, 0.3) is 12.2 Å². The van der Waals surface area contributed by atoms with Crippen LogP contribution in [-0.4, -0.2) is 83.5 Å². The van der Waals surface area contributed by atoms with Crippen LogP contribution in [-0.2, 0) is 29.3 Å². The second-order valence-electron chi connectivity index (χ2n) is 17.9. The third-order valence-electron chi connectivity index (χ3n) is 12.3. The SMILES string of the molecule is COC(=O)/C=C/c1ccc(Br)cc1F.Cc1cc2c(cc1C)C1(CCN(C(=O)[C@@H]3CN(C(C)(C)C)C[C@H]3c3ccc(Br)cc3F)CC1)C(=O)N2C(C)C.O=C(O)/C=C/c1ccc(Br)cc1F. The fourth-order valence-corrected chi connectivity index (χ4v) is 9.56. The summed E-state index contributed by atoms with van der Waals surface area (Å²) in [7, 11) is 1.27. The Hall–Kier alpha value is -4.57. The molecule has 66 heavy (non-hydrogen) atoms. The van der Waals surface area contributed by atoms with E-state index in [-0.39, 0.29) is 52.4 Å². The summed E-state index contributed by atoms with van der Waals surface area (Å²) in [6.07, 6.45) is 5.88. The lowest BCUT2D eigenvalue weighted by Gasteiger charge is -2.40. The van der Waals surface area contributed by atoms with Gasteiger partial charge < -0.3 is 19.6 Å². The van der Waals surface area contributed by atoms with Crippen molar-refractivity contribution in [1.29, 1.82) is 0 Å². The molecule has 4 aromatic carbocycles. The molecule has 2 fully saturated rings. The maximum absolute atomic E-state index is 15.1. The molecule has 1 N–H and O–H groups in total. The number of methoxy groups -OCH3 is 1. The van der Waals surface area contributed by atoms with E-state index in [1.54, 1.807) is 18.2 Å². The van der Waals surface area contributed by atoms with E-state index in [1.807, 2.05) is 21.9 Å². The fraction of sp³-hybridized carbons (Fsp3) is 0.373. The molecule has 0 aromatic heterocycles. The van der Waals surface area contributed by atoms with E-state index in [4.69, 9.17) is 5.11 Å². The Bertz CT molecular complexity index is 2530. The number of aryl methyl sites for hydroxylation is 2. The summed E-state index contributed by atoms with van der Waals surface area (Å²) < 4.78 is 47.7. The van der Waals surface area contributed by atoms with Crippen molar-refractivity contribution in [3.05, 3.63) is 143 Å². The Kier molecular flexibility index (Phi) is 17.5. The van der Waals surface area contributed by atoms with Crippen molar-refractivity contribution in [3.8, 4) is 0 Å². The number of ether oxygens (including phenoxy) is 1. The minimum Gasteiger partial charge on any atom is -0.478 e. The maximum atomic E-state index is 15.1. The number of fused-ring (bicyclic) bond motifs is 2. The van der Waals surface area contributed by atoms with Gasteiger partial charge in [-0.3, -0.25) is 14.5 Å². The molecule has 0 bridgehead atoms. The molecule has 0 aliphatic carbocycles. The summed E-state index contributed by atoms with van der Waals surface area (Å²) in [6.45, 7) is 17.1. The summed E-state index contributed by atoms with van der Waals surface area (Å²) in [5.41, 5.74) is 5.02. The van der Waals surface area contributed by atoms with Crippen LogP contribution in [0, 0.1) is 37.2 Å². The lowest BCUT2D eigenvalue weighted by molar-refractivity contribution is -0.139. The van der Waals surface area contributed by atoms with Crippen molar-refractivity contribution in [1.82, 2.24) is 9.80 Å². The second-order valence-corrected chi connectivity index (χ2v) is 20.7. The summed E-state index contributed by atoms with van der Waals surface area (Å²) in [6, 6.07) is 18.6. The molecule has 352 valence electrons. The average molecular weight is 1100 g/mol. The number of carboxylic acids is 1. The Morgan fingerprint density at radius 3 is 1.79 bits per heavy atom. The van der Waals surface area contributed by atoms with Crippen LogP contribution in [0.15, 0.2) is 92.3 Å². The van der Waals surface area contributed by atoms with Gasteiger partial charge in [-0.2, -0.15) is 0 Å². The molecular weight excluding hydrogens is 1050 g/mol. The first-order valence-corrected chi connectivity index (χ1v) is 23.9. The van der Waals surface area contributed by atoms with Crippen molar-refractivity contribution in [2.24, 2.45) is 5.92 Å². The number of aliphatic carboxylic acids is 1. The van der Waals surface area contributed by atoms with E-state index in [0.29, 0.717) is 63.6 Å². The second kappa shape index (κ2) is 22.0. The summed E-state index contributed by atoms with van der Waals surface area (Å²) >= 11 is 9.60. The highest BCUT2D eigenvalue weighted by molar-refractivity contribution is 9.11. The number of hydrogen-bond acceptors (Lipinski definition) is 6. The van der Waals surface area contributed by atoms with Gasteiger partial charge in [0, 0.05) is 86.1 Å². The molecule has 7 rings (SSSR count). The van der Waals surface area contributed by atoms with E-state index in [0.717, 1.165) is 17.3 Å². The first-order chi connectivity index (χ1) is 31.0. The number of carboxylic acid groups (broad SMARTS) is 1. The van der Waals surface area contributed by atoms with Crippen LogP contribution >= 0.6 is 47.8 Å². The van der Waals surface area contributed by atoms with Gasteiger partial charge in [-0.15, -0.1) is 0 Å². The standard InChI is InChI=1S/C32H41BrFN3O2.C10H8BrFO2.C9H6BrFO2/c1-19(2)37-28-15-21(4)20(3)14-26(28)32(30(37)39)10-12-35(13-11-32)29(38)25-18-36(31(5,6)7)17-24(25)23-9-8-22(33)16-27(23)34;1-14-10(13)5-3-7-2-4-8(11)6-9(7)12;10-7-3-1-6(8(11)5-7)2-4-9(12)13/h8-9,14-16,19,24-25H,10-13,17-18H2,1-7H3;2-6H,1H3;1-5H,(H,12,13)/b;5-3+;4-2+/t24-,25+;;/m0../s1. The molecular formula is C51H55Br3F3N3O6. The number of carbonyl (C=O) groups excluding carboxylic acids is 3. The number of halogens is 6. The summed E-state index contributed by atoms with van der Waals surface area (Å²) in [5.74, 6) is -3.00. The van der Waals surface area contributed by atoms with E-state index in [1.165, 1.54) is 60.7 Å². The molecule has 2 saturated heterocycles. The van der Waals surface area contributed by atoms with E-state index in [9.17, 15) is 28.0 Å². The van der Waals surface area contributed by atoms with Crippen molar-refractivity contribution in [2.75, 3.05) is 38.2 Å². The predicted octanol–water partition coefficient (Wildman–Crippen LogP) is 11.8. The molecule has 0 radical (unpaired) electrons. The highest BCUT2D eigenvalue weighted by Crippen LogP contribution is 2.50. The number of esters is 1. The van der Waals surface area contributed by atoms with Gasteiger partial charge in [0.15, 0.2) is 0 Å². The van der Waals surface area contributed by atoms with Crippen LogP contribution in [0.5, 0.6) is 0 Å². The monoisotopic (exact) mass is 1100 g/mol. The number of rotatable bonds is 7. The zero-order valence-corrected chi connectivity index (χ0v) is 43.0. The number of nitrogens with zero attached hydrogens (tertiary/aromatic N) is 3. The zero-order valence-electron chi connectivity index (χ0n) is 38.2. The van der Waals surface area contributed by atoms with Crippen molar-refractivity contribution < 1.29 is 42.2 Å². The normalized spacial score (nSPS) is 18.1. The third kappa shape index (κ3) is 12.3. The third-order valence-corrected chi connectivity index (χ3v) is 13.8. The van der Waals surface area contributed by atoms with Gasteiger partial charge in [-0.05, 0) is 138 Å². The van der Waals surface area contributed by atoms with Crippen LogP contribution < -0.4 is 4.90 Å². The number of amides is 2. The first-order valence-electron chi connectivity index (χ1n) is 21.5. The molecule has 2 amide bonds. The minimum absolute atomic E-state index is 0.0702. The number of carbonyl (C=O) groups is 4. The topological polar surface area (TPSA) is 107 Å². The molecule has 9 nitrogen and oxygen atoms in total. The van der Waals surface area contributed by atoms with Crippen molar-refractivity contribution >= 4 is 89.4 Å². The highest BCUT2D eigenvalue weighted by Gasteiger charge is 2.54. The first kappa shape index (κ1) is 52.4. The maximum Gasteiger partial charge on any atom is 0.330 e. The van der Waals surface area contributed by atoms with Gasteiger partial charge in [-0.25, -0.2) is 22.8 Å². The van der Waals surface area contributed by atoms with Gasteiger partial charge >= 0.3 is 11.9 Å². The van der Waals surface area contributed by atoms with Gasteiger partial charge in [-0.1, -0.05) is 72.1 Å². The number of piperidine rings is 1. The van der Waals surface area contributed by atoms with E-state index < -0.39 is 23.2 Å². The van der Waals surface area contributed by atoms with E-state index >= 15 is 4.39 Å². The molecule has 3 aliphatic heterocycles. The summed E-state index contributed by atoms with van der Waals surface area (Å²) in [4.78, 5) is 55.1. The largest absolute Gasteiger partial charge is 0.478 e. The van der Waals surface area contributed by atoms with Crippen LogP contribution in [0.4, 0.5) is 18.9 Å². The zero-order chi connectivity index (χ0) is 48.8. The molecule has 15 heteroatoms. The predicted molar refractivity (Wildman–Crippen MR) is 264 cm³/mol. The van der Waals surface area contributed by atoms with Gasteiger partial charge in [0.05, 0.1) is 18.4 Å². The Morgan fingerprint density at radius 1 is 0.788 bits per heavy atom. The average Bonchev–Trinajstić information content (AvgIpc) is 3.78. The number of hydrogen-bond donors (Lipinski definition) is 1. The van der Waals surface area contributed by atoms with Gasteiger partial charge in [0.1, 0.15) is 17.5 Å². The molecule has 3 heterocycles. The molecule has 3 aliphatic rings. The minimum atomic E-state index is -1.10. The Labute approximate surface area is 410 Å². The van der Waals surface area contributed by atoms with Crippen LogP contribution in [0.1, 0.15) is 86.8 Å². The van der Waals surface area contributed by atoms with Crippen molar-refractivity contribution in [2.45, 2.75) is 84.2 Å². The quantitative estimate of drug-likeness (QED) is 0.145. The molecule has 2 atom stereocenters. The Morgan fingerprint density at radius 2 is 1.30 bits per heavy atom. The molecule has 0 unspecified atom stereocenters. The summed E-state index contributed by atoms with van der Waals surface area (Å²) in [5, 5.41) is 8.30. The van der Waals surface area contributed by atoms with Crippen LogP contribution in [0.2, 0.25) is 0 Å².